The number of nitrogens with one attached hydrogen (secondary N) is 2. The van der Waals surface area contributed by atoms with E-state index in [1.165, 1.54) is 0 Å². The van der Waals surface area contributed by atoms with E-state index in [-0.39, 0.29) is 11.9 Å². The van der Waals surface area contributed by atoms with E-state index in [4.69, 9.17) is 23.2 Å². The van der Waals surface area contributed by atoms with E-state index in [1.807, 2.05) is 38.1 Å². The number of amides is 1. The molecule has 3 aromatic rings. The van der Waals surface area contributed by atoms with Crippen LogP contribution in [0.25, 0.3) is 0 Å². The van der Waals surface area contributed by atoms with Crippen molar-refractivity contribution in [1.82, 2.24) is 10.7 Å². The monoisotopic (exact) mass is 465 g/mol. The number of guanidine groups is 1. The van der Waals surface area contributed by atoms with Gasteiger partial charge in [-0.2, -0.15) is 10.2 Å². The van der Waals surface area contributed by atoms with E-state index < -0.39 is 0 Å². The maximum absolute atomic E-state index is 12.7. The maximum Gasteiger partial charge on any atom is 0.258 e. The average Bonchev–Trinajstić information content (AvgIpc) is 2.78. The van der Waals surface area contributed by atoms with Crippen LogP contribution in [0.3, 0.4) is 0 Å². The van der Waals surface area contributed by atoms with Gasteiger partial charge in [-0.25, -0.2) is 5.43 Å². The lowest BCUT2D eigenvalue weighted by Crippen LogP contribution is -2.38. The molecule has 0 radical (unpaired) electrons. The van der Waals surface area contributed by atoms with Gasteiger partial charge in [0.15, 0.2) is 0 Å². The molecule has 0 spiro atoms. The molecule has 8 heteroatoms. The first kappa shape index (κ1) is 23.2. The molecule has 0 aliphatic carbocycles. The van der Waals surface area contributed by atoms with Crippen LogP contribution in [0.15, 0.2) is 82.0 Å². The largest absolute Gasteiger partial charge is 0.290 e. The van der Waals surface area contributed by atoms with E-state index >= 15 is 0 Å². The Bertz CT molecular complexity index is 1170. The van der Waals surface area contributed by atoms with Crippen LogP contribution in [-0.4, -0.2) is 24.3 Å². The van der Waals surface area contributed by atoms with Crippen molar-refractivity contribution >= 4 is 47.5 Å². The van der Waals surface area contributed by atoms with Crippen molar-refractivity contribution in [2.75, 3.05) is 0 Å². The first-order valence-corrected chi connectivity index (χ1v) is 10.5. The van der Waals surface area contributed by atoms with E-state index in [0.717, 1.165) is 22.3 Å². The minimum atomic E-state index is -0.331. The highest BCUT2D eigenvalue weighted by atomic mass is 35.5. The van der Waals surface area contributed by atoms with Crippen molar-refractivity contribution in [3.63, 3.8) is 0 Å². The van der Waals surface area contributed by atoms with Crippen LogP contribution in [0.2, 0.25) is 10.0 Å². The van der Waals surface area contributed by atoms with Gasteiger partial charge >= 0.3 is 0 Å². The topological polar surface area (TPSA) is 78.2 Å². The second kappa shape index (κ2) is 11.2. The van der Waals surface area contributed by atoms with Crippen LogP contribution < -0.4 is 10.7 Å². The number of hydrazone groups is 1. The molecule has 32 heavy (non-hydrogen) atoms. The summed E-state index contributed by atoms with van der Waals surface area (Å²) in [5.74, 6) is -0.258. The van der Waals surface area contributed by atoms with Gasteiger partial charge in [-0.05, 0) is 72.5 Å². The molecule has 2 N–H and O–H groups in total. The minimum Gasteiger partial charge on any atom is -0.290 e. The van der Waals surface area contributed by atoms with E-state index in [1.54, 1.807) is 54.9 Å². The predicted octanol–water partition coefficient (Wildman–Crippen LogP) is 5.35. The summed E-state index contributed by atoms with van der Waals surface area (Å²) < 4.78 is 0. The highest BCUT2D eigenvalue weighted by Gasteiger charge is 2.09. The Morgan fingerprint density at radius 1 is 0.812 bits per heavy atom. The highest BCUT2D eigenvalue weighted by Crippen LogP contribution is 2.10. The molecular formula is C24H21Cl2N5O. The van der Waals surface area contributed by atoms with Gasteiger partial charge in [0.1, 0.15) is 0 Å². The first-order chi connectivity index (χ1) is 15.4. The molecule has 0 saturated heterocycles. The summed E-state index contributed by atoms with van der Waals surface area (Å²) in [5.41, 5.74) is 6.99. The third-order valence-corrected chi connectivity index (χ3v) is 4.99. The summed E-state index contributed by atoms with van der Waals surface area (Å²) in [6.45, 7) is 3.94. The van der Waals surface area contributed by atoms with Crippen LogP contribution in [0.5, 0.6) is 0 Å². The molecule has 0 saturated carbocycles. The quantitative estimate of drug-likeness (QED) is 0.302. The number of benzene rings is 3. The molecule has 0 aromatic heterocycles. The van der Waals surface area contributed by atoms with Crippen LogP contribution in [0, 0.1) is 13.8 Å². The van der Waals surface area contributed by atoms with Gasteiger partial charge in [0.25, 0.3) is 5.91 Å². The van der Waals surface area contributed by atoms with Crippen LogP contribution in [-0.2, 0) is 0 Å². The molecule has 0 atom stereocenters. The summed E-state index contributed by atoms with van der Waals surface area (Å²) in [4.78, 5) is 12.7. The summed E-state index contributed by atoms with van der Waals surface area (Å²) in [7, 11) is 0. The lowest BCUT2D eigenvalue weighted by atomic mass is 10.1. The number of rotatable bonds is 5. The number of nitrogens with zero attached hydrogens (tertiary/aromatic N) is 3. The Morgan fingerprint density at radius 2 is 1.41 bits per heavy atom. The van der Waals surface area contributed by atoms with Gasteiger partial charge < -0.3 is 0 Å². The summed E-state index contributed by atoms with van der Waals surface area (Å²) >= 11 is 11.8. The van der Waals surface area contributed by atoms with Crippen LogP contribution in [0.1, 0.15) is 32.6 Å². The molecule has 3 aromatic carbocycles. The zero-order chi connectivity index (χ0) is 22.9. The summed E-state index contributed by atoms with van der Waals surface area (Å²) in [6, 6.07) is 19.7. The van der Waals surface area contributed by atoms with Crippen LogP contribution >= 0.6 is 23.2 Å². The van der Waals surface area contributed by atoms with Gasteiger partial charge in [-0.1, -0.05) is 53.5 Å². The van der Waals surface area contributed by atoms with Gasteiger partial charge in [-0.15, -0.1) is 5.10 Å². The third kappa shape index (κ3) is 7.04. The van der Waals surface area contributed by atoms with E-state index in [0.29, 0.717) is 15.6 Å². The standard InChI is InChI=1S/C24H21Cl2N5O/c1-16-3-8-20(13-17(16)2)23(32)29-24(30-27-14-18-4-9-21(25)10-5-18)31-28-15-19-6-11-22(26)12-7-19/h3-15H,1-2H3,(H2,29,30,31,32)/b27-14+,28-15+. The predicted molar refractivity (Wildman–Crippen MR) is 132 cm³/mol. The first-order valence-electron chi connectivity index (χ1n) is 9.70. The third-order valence-electron chi connectivity index (χ3n) is 4.49. The number of halogens is 2. The zero-order valence-electron chi connectivity index (χ0n) is 17.5. The van der Waals surface area contributed by atoms with E-state index in [9.17, 15) is 4.79 Å². The molecule has 0 aliphatic heterocycles. The van der Waals surface area contributed by atoms with Crippen molar-refractivity contribution in [3.8, 4) is 0 Å². The number of hydrogen-bond donors (Lipinski definition) is 2. The Kier molecular flexibility index (Phi) is 8.14. The Morgan fingerprint density at radius 3 is 2.00 bits per heavy atom. The Labute approximate surface area is 196 Å². The van der Waals surface area contributed by atoms with Crippen molar-refractivity contribution in [3.05, 3.63) is 105 Å². The molecule has 162 valence electrons. The molecule has 6 nitrogen and oxygen atoms in total. The average molecular weight is 466 g/mol. The van der Waals surface area contributed by atoms with Crippen molar-refractivity contribution in [1.29, 1.82) is 0 Å². The summed E-state index contributed by atoms with van der Waals surface area (Å²) in [5, 5.41) is 16.2. The second-order valence-corrected chi connectivity index (χ2v) is 7.79. The fraction of sp³-hybridized carbons (Fsp3) is 0.0833. The lowest BCUT2D eigenvalue weighted by molar-refractivity contribution is 0.0975. The van der Waals surface area contributed by atoms with Gasteiger partial charge in [0, 0.05) is 15.6 Å². The Hall–Kier alpha value is -3.48. The SMILES string of the molecule is Cc1ccc(C(=O)N/C(=N/N=C/c2ccc(Cl)cc2)N/N=C/c2ccc(Cl)cc2)cc1C. The fourth-order valence-corrected chi connectivity index (χ4v) is 2.81. The van der Waals surface area contributed by atoms with E-state index in [2.05, 4.69) is 26.0 Å². The van der Waals surface area contributed by atoms with Crippen molar-refractivity contribution < 1.29 is 4.79 Å². The smallest absolute Gasteiger partial charge is 0.258 e. The van der Waals surface area contributed by atoms with Gasteiger partial charge in [-0.3, -0.25) is 10.1 Å². The molecule has 0 fully saturated rings. The Balaban J connectivity index is 1.76. The summed E-state index contributed by atoms with van der Waals surface area (Å²) in [6.07, 6.45) is 3.13. The lowest BCUT2D eigenvalue weighted by Gasteiger charge is -2.08. The molecule has 0 aliphatic rings. The highest BCUT2D eigenvalue weighted by molar-refractivity contribution is 6.30. The molecular weight excluding hydrogens is 445 g/mol. The normalized spacial score (nSPS) is 11.8. The molecule has 0 bridgehead atoms. The van der Waals surface area contributed by atoms with Gasteiger partial charge in [0.05, 0.1) is 12.4 Å². The number of carbonyl (C=O) groups is 1. The number of aryl methyl sites for hydroxylation is 2. The zero-order valence-corrected chi connectivity index (χ0v) is 19.0. The fourth-order valence-electron chi connectivity index (χ4n) is 2.56. The maximum atomic E-state index is 12.7. The molecule has 1 amide bonds. The molecule has 0 heterocycles. The minimum absolute atomic E-state index is 0.0728. The number of hydrogen-bond acceptors (Lipinski definition) is 4. The van der Waals surface area contributed by atoms with Crippen LogP contribution in [0.4, 0.5) is 0 Å². The van der Waals surface area contributed by atoms with Crippen molar-refractivity contribution in [2.45, 2.75) is 13.8 Å². The number of carbonyl (C=O) groups excluding carboxylic acids is 1. The van der Waals surface area contributed by atoms with Crippen molar-refractivity contribution in [2.24, 2.45) is 15.3 Å². The second-order valence-electron chi connectivity index (χ2n) is 6.92. The molecule has 3 rings (SSSR count). The molecule has 0 unspecified atom stereocenters. The van der Waals surface area contributed by atoms with Gasteiger partial charge in [0.2, 0.25) is 5.96 Å².